The largest absolute Gasteiger partial charge is 0.484 e. The van der Waals surface area contributed by atoms with E-state index in [1.54, 1.807) is 29.2 Å². The molecule has 2 aromatic carbocycles. The SMILES string of the molecule is Cc1ccccc1OCC(=O)N1CCN(c2oc(/C=C/c3ccc(F)cc3)nc2C#N)CC1. The summed E-state index contributed by atoms with van der Waals surface area (Å²) in [5.74, 6) is 0.983. The number of nitrogens with zero attached hydrogens (tertiary/aromatic N) is 4. The van der Waals surface area contributed by atoms with Crippen molar-refractivity contribution in [2.24, 2.45) is 0 Å². The van der Waals surface area contributed by atoms with Gasteiger partial charge in [0.15, 0.2) is 6.61 Å². The van der Waals surface area contributed by atoms with Crippen molar-refractivity contribution in [1.29, 1.82) is 5.26 Å². The van der Waals surface area contributed by atoms with Crippen LogP contribution in [0.4, 0.5) is 10.3 Å². The highest BCUT2D eigenvalue weighted by Gasteiger charge is 2.26. The molecule has 1 aromatic heterocycles. The molecule has 1 aliphatic rings. The maximum Gasteiger partial charge on any atom is 0.260 e. The number of carbonyl (C=O) groups is 1. The molecule has 0 spiro atoms. The Hall–Kier alpha value is -4.12. The number of para-hydroxylation sites is 1. The molecule has 0 saturated carbocycles. The number of nitriles is 1. The van der Waals surface area contributed by atoms with Gasteiger partial charge < -0.3 is 19.0 Å². The molecule has 7 nitrogen and oxygen atoms in total. The summed E-state index contributed by atoms with van der Waals surface area (Å²) < 4.78 is 24.5. The first kappa shape index (κ1) is 22.1. The van der Waals surface area contributed by atoms with Gasteiger partial charge in [-0.1, -0.05) is 30.3 Å². The lowest BCUT2D eigenvalue weighted by molar-refractivity contribution is -0.133. The van der Waals surface area contributed by atoms with E-state index < -0.39 is 0 Å². The number of piperazine rings is 1. The highest BCUT2D eigenvalue weighted by atomic mass is 19.1. The summed E-state index contributed by atoms with van der Waals surface area (Å²) in [5, 5.41) is 9.47. The average molecular weight is 446 g/mol. The fourth-order valence-electron chi connectivity index (χ4n) is 3.54. The van der Waals surface area contributed by atoms with E-state index in [0.717, 1.165) is 11.1 Å². The maximum atomic E-state index is 13.0. The van der Waals surface area contributed by atoms with E-state index in [1.807, 2.05) is 36.1 Å². The third-order valence-electron chi connectivity index (χ3n) is 5.38. The van der Waals surface area contributed by atoms with Crippen molar-refractivity contribution in [3.05, 3.63) is 77.1 Å². The van der Waals surface area contributed by atoms with Crippen LogP contribution in [-0.2, 0) is 4.79 Å². The maximum absolute atomic E-state index is 13.0. The van der Waals surface area contributed by atoms with Crippen LogP contribution in [0.15, 0.2) is 52.9 Å². The molecule has 168 valence electrons. The van der Waals surface area contributed by atoms with Gasteiger partial charge in [0.25, 0.3) is 5.91 Å². The summed E-state index contributed by atoms with van der Waals surface area (Å²) in [6.45, 7) is 3.92. The molecule has 1 aliphatic heterocycles. The van der Waals surface area contributed by atoms with Crippen molar-refractivity contribution >= 4 is 23.9 Å². The predicted octanol–water partition coefficient (Wildman–Crippen LogP) is 3.89. The Labute approximate surface area is 191 Å². The number of oxazole rings is 1. The summed E-state index contributed by atoms with van der Waals surface area (Å²) >= 11 is 0. The third kappa shape index (κ3) is 5.39. The molecule has 0 bridgehead atoms. The van der Waals surface area contributed by atoms with Gasteiger partial charge in [0.2, 0.25) is 17.5 Å². The molecular weight excluding hydrogens is 423 g/mol. The summed E-state index contributed by atoms with van der Waals surface area (Å²) in [7, 11) is 0. The monoisotopic (exact) mass is 446 g/mol. The lowest BCUT2D eigenvalue weighted by Gasteiger charge is -2.34. The highest BCUT2D eigenvalue weighted by molar-refractivity contribution is 5.78. The van der Waals surface area contributed by atoms with E-state index in [1.165, 1.54) is 12.1 Å². The van der Waals surface area contributed by atoms with Gasteiger partial charge in [0, 0.05) is 32.3 Å². The third-order valence-corrected chi connectivity index (χ3v) is 5.38. The molecule has 0 N–H and O–H groups in total. The number of benzene rings is 2. The number of halogens is 1. The predicted molar refractivity (Wildman–Crippen MR) is 122 cm³/mol. The van der Waals surface area contributed by atoms with Crippen molar-refractivity contribution < 1.29 is 18.3 Å². The second-order valence-corrected chi connectivity index (χ2v) is 7.62. The molecule has 0 aliphatic carbocycles. The van der Waals surface area contributed by atoms with Crippen LogP contribution in [0, 0.1) is 24.1 Å². The molecule has 0 atom stereocenters. The minimum absolute atomic E-state index is 0.0189. The molecule has 0 radical (unpaired) electrons. The topological polar surface area (TPSA) is 82.6 Å². The van der Waals surface area contributed by atoms with Crippen LogP contribution < -0.4 is 9.64 Å². The Morgan fingerprint density at radius 3 is 2.58 bits per heavy atom. The molecular formula is C25H23FN4O3. The fraction of sp³-hybridized carbons (Fsp3) is 0.240. The van der Waals surface area contributed by atoms with E-state index in [0.29, 0.717) is 37.8 Å². The Morgan fingerprint density at radius 2 is 1.88 bits per heavy atom. The lowest BCUT2D eigenvalue weighted by Crippen LogP contribution is -2.50. The van der Waals surface area contributed by atoms with Crippen molar-refractivity contribution in [3.8, 4) is 11.8 Å². The van der Waals surface area contributed by atoms with Crippen LogP contribution in [0.2, 0.25) is 0 Å². The number of hydrogen-bond acceptors (Lipinski definition) is 6. The van der Waals surface area contributed by atoms with Gasteiger partial charge in [-0.3, -0.25) is 4.79 Å². The van der Waals surface area contributed by atoms with Crippen LogP contribution >= 0.6 is 0 Å². The second-order valence-electron chi connectivity index (χ2n) is 7.62. The molecule has 1 saturated heterocycles. The normalized spacial score (nSPS) is 13.8. The number of hydrogen-bond donors (Lipinski definition) is 0. The zero-order valence-electron chi connectivity index (χ0n) is 18.2. The molecule has 1 amide bonds. The number of rotatable bonds is 6. The summed E-state index contributed by atoms with van der Waals surface area (Å²) in [4.78, 5) is 20.4. The quantitative estimate of drug-likeness (QED) is 0.571. The van der Waals surface area contributed by atoms with Gasteiger partial charge in [0.1, 0.15) is 17.6 Å². The molecule has 2 heterocycles. The van der Waals surface area contributed by atoms with Crippen LogP contribution in [-0.4, -0.2) is 48.6 Å². The molecule has 8 heteroatoms. The highest BCUT2D eigenvalue weighted by Crippen LogP contribution is 2.24. The Bertz CT molecular complexity index is 1190. The summed E-state index contributed by atoms with van der Waals surface area (Å²) in [6.07, 6.45) is 3.38. The fourth-order valence-corrected chi connectivity index (χ4v) is 3.54. The van der Waals surface area contributed by atoms with Crippen molar-refractivity contribution in [1.82, 2.24) is 9.88 Å². The minimum Gasteiger partial charge on any atom is -0.484 e. The van der Waals surface area contributed by atoms with Gasteiger partial charge in [-0.2, -0.15) is 10.2 Å². The van der Waals surface area contributed by atoms with E-state index >= 15 is 0 Å². The van der Waals surface area contributed by atoms with Crippen molar-refractivity contribution in [2.45, 2.75) is 6.92 Å². The molecule has 4 rings (SSSR count). The Balaban J connectivity index is 1.35. The van der Waals surface area contributed by atoms with Gasteiger partial charge in [-0.05, 0) is 42.3 Å². The second kappa shape index (κ2) is 10.0. The zero-order chi connectivity index (χ0) is 23.2. The molecule has 3 aromatic rings. The number of ether oxygens (including phenoxy) is 1. The summed E-state index contributed by atoms with van der Waals surface area (Å²) in [6, 6.07) is 15.7. The molecule has 1 fully saturated rings. The first-order valence-corrected chi connectivity index (χ1v) is 10.6. The number of anilines is 1. The zero-order valence-corrected chi connectivity index (χ0v) is 18.2. The van der Waals surface area contributed by atoms with E-state index in [4.69, 9.17) is 9.15 Å². The van der Waals surface area contributed by atoms with Crippen molar-refractivity contribution in [3.63, 3.8) is 0 Å². The van der Waals surface area contributed by atoms with Crippen molar-refractivity contribution in [2.75, 3.05) is 37.7 Å². The number of aryl methyl sites for hydroxylation is 1. The first-order valence-electron chi connectivity index (χ1n) is 10.6. The standard InChI is InChI=1S/C25H23FN4O3/c1-18-4-2-3-5-22(18)32-17-24(31)29-12-14-30(15-13-29)25-21(16-27)28-23(33-25)11-8-19-6-9-20(26)10-7-19/h2-11H,12-15,17H2,1H3/b11-8+. The summed E-state index contributed by atoms with van der Waals surface area (Å²) in [5.41, 5.74) is 1.96. The van der Waals surface area contributed by atoms with Gasteiger partial charge in [0.05, 0.1) is 0 Å². The van der Waals surface area contributed by atoms with E-state index in [2.05, 4.69) is 11.1 Å². The first-order chi connectivity index (χ1) is 16.0. The minimum atomic E-state index is -0.309. The molecule has 0 unspecified atom stereocenters. The molecule has 33 heavy (non-hydrogen) atoms. The van der Waals surface area contributed by atoms with Crippen LogP contribution in [0.5, 0.6) is 5.75 Å². The average Bonchev–Trinajstić information content (AvgIpc) is 3.26. The number of carbonyl (C=O) groups excluding carboxylic acids is 1. The van der Waals surface area contributed by atoms with Gasteiger partial charge in [-0.25, -0.2) is 4.39 Å². The van der Waals surface area contributed by atoms with Gasteiger partial charge >= 0.3 is 0 Å². The number of amides is 1. The smallest absolute Gasteiger partial charge is 0.260 e. The number of aromatic nitrogens is 1. The Kier molecular flexibility index (Phi) is 6.69. The Morgan fingerprint density at radius 1 is 1.15 bits per heavy atom. The van der Waals surface area contributed by atoms with E-state index in [9.17, 15) is 14.4 Å². The van der Waals surface area contributed by atoms with E-state index in [-0.39, 0.29) is 29.9 Å². The van der Waals surface area contributed by atoms with Gasteiger partial charge in [-0.15, -0.1) is 0 Å². The van der Waals surface area contributed by atoms with Crippen LogP contribution in [0.3, 0.4) is 0 Å². The van der Waals surface area contributed by atoms with Crippen LogP contribution in [0.1, 0.15) is 22.7 Å². The lowest BCUT2D eigenvalue weighted by atomic mass is 10.2. The van der Waals surface area contributed by atoms with Crippen LogP contribution in [0.25, 0.3) is 12.2 Å².